The molecular formula is C14H16ClN3O3. The zero-order chi connectivity index (χ0) is 15.4. The third-order valence-corrected chi connectivity index (χ3v) is 3.52. The van der Waals surface area contributed by atoms with E-state index in [4.69, 9.17) is 21.4 Å². The van der Waals surface area contributed by atoms with E-state index >= 15 is 0 Å². The topological polar surface area (TPSA) is 77.2 Å². The quantitative estimate of drug-likeness (QED) is 0.830. The Morgan fingerprint density at radius 3 is 2.81 bits per heavy atom. The van der Waals surface area contributed by atoms with E-state index in [-0.39, 0.29) is 5.69 Å². The van der Waals surface area contributed by atoms with Crippen molar-refractivity contribution < 1.29 is 14.6 Å². The molecule has 7 heteroatoms. The molecule has 112 valence electrons. The molecule has 0 radical (unpaired) electrons. The van der Waals surface area contributed by atoms with Gasteiger partial charge in [0.1, 0.15) is 5.75 Å². The molecule has 0 aliphatic rings. The van der Waals surface area contributed by atoms with Gasteiger partial charge >= 0.3 is 5.97 Å². The number of rotatable bonds is 6. The molecule has 0 atom stereocenters. The minimum Gasteiger partial charge on any atom is -0.494 e. The fraction of sp³-hybridized carbons (Fsp3) is 0.357. The van der Waals surface area contributed by atoms with Crippen LogP contribution in [0.15, 0.2) is 18.2 Å². The number of hydrogen-bond donors (Lipinski definition) is 1. The molecule has 0 unspecified atom stereocenters. The summed E-state index contributed by atoms with van der Waals surface area (Å²) in [7, 11) is 0. The SMILES string of the molecule is Cc1cc(OCCCn2nnc(C(=O)O)c2C)ccc1Cl. The molecule has 0 amide bonds. The van der Waals surface area contributed by atoms with Crippen molar-refractivity contribution in [2.75, 3.05) is 6.61 Å². The standard InChI is InChI=1S/C14H16ClN3O3/c1-9-8-11(4-5-12(9)15)21-7-3-6-18-10(2)13(14(19)20)16-17-18/h4-5,8H,3,6-7H2,1-2H3,(H,19,20). The largest absolute Gasteiger partial charge is 0.494 e. The molecule has 0 saturated carbocycles. The van der Waals surface area contributed by atoms with Gasteiger partial charge in [-0.25, -0.2) is 9.48 Å². The fourth-order valence-electron chi connectivity index (χ4n) is 1.88. The Morgan fingerprint density at radius 1 is 1.43 bits per heavy atom. The van der Waals surface area contributed by atoms with Crippen molar-refractivity contribution in [3.63, 3.8) is 0 Å². The fourth-order valence-corrected chi connectivity index (χ4v) is 2.00. The molecule has 0 spiro atoms. The number of ether oxygens (including phenoxy) is 1. The molecule has 1 N–H and O–H groups in total. The third-order valence-electron chi connectivity index (χ3n) is 3.10. The monoisotopic (exact) mass is 309 g/mol. The summed E-state index contributed by atoms with van der Waals surface area (Å²) in [6.45, 7) is 4.66. The average Bonchev–Trinajstić information content (AvgIpc) is 2.80. The van der Waals surface area contributed by atoms with Gasteiger partial charge in [-0.05, 0) is 37.6 Å². The molecule has 6 nitrogen and oxygen atoms in total. The average molecular weight is 310 g/mol. The lowest BCUT2D eigenvalue weighted by Crippen LogP contribution is -2.08. The molecule has 21 heavy (non-hydrogen) atoms. The second kappa shape index (κ2) is 6.58. The lowest BCUT2D eigenvalue weighted by atomic mass is 10.2. The number of benzene rings is 1. The summed E-state index contributed by atoms with van der Waals surface area (Å²) in [5, 5.41) is 17.1. The van der Waals surface area contributed by atoms with E-state index in [1.807, 2.05) is 19.1 Å². The Hall–Kier alpha value is -2.08. The van der Waals surface area contributed by atoms with E-state index < -0.39 is 5.97 Å². The van der Waals surface area contributed by atoms with E-state index in [0.717, 1.165) is 11.3 Å². The summed E-state index contributed by atoms with van der Waals surface area (Å²) >= 11 is 5.95. The molecule has 1 aromatic heterocycles. The minimum absolute atomic E-state index is 0.00996. The Balaban J connectivity index is 1.84. The van der Waals surface area contributed by atoms with Crippen molar-refractivity contribution in [3.05, 3.63) is 40.2 Å². The maximum absolute atomic E-state index is 10.9. The van der Waals surface area contributed by atoms with Crippen LogP contribution in [0.5, 0.6) is 5.75 Å². The van der Waals surface area contributed by atoms with E-state index in [1.165, 1.54) is 0 Å². The van der Waals surface area contributed by atoms with E-state index in [9.17, 15) is 4.79 Å². The number of aryl methyl sites for hydroxylation is 2. The number of hydrogen-bond acceptors (Lipinski definition) is 4. The van der Waals surface area contributed by atoms with Gasteiger partial charge in [0.15, 0.2) is 5.69 Å². The van der Waals surface area contributed by atoms with Gasteiger partial charge in [-0.3, -0.25) is 0 Å². The molecule has 0 aliphatic heterocycles. The molecule has 0 bridgehead atoms. The Bertz CT molecular complexity index is 655. The molecule has 1 aromatic carbocycles. The molecule has 2 rings (SSSR count). The molecular weight excluding hydrogens is 294 g/mol. The zero-order valence-corrected chi connectivity index (χ0v) is 12.6. The van der Waals surface area contributed by atoms with Crippen molar-refractivity contribution in [2.45, 2.75) is 26.8 Å². The predicted molar refractivity (Wildman–Crippen MR) is 78.0 cm³/mol. The third kappa shape index (κ3) is 3.72. The lowest BCUT2D eigenvalue weighted by molar-refractivity contribution is 0.0689. The maximum Gasteiger partial charge on any atom is 0.358 e. The summed E-state index contributed by atoms with van der Waals surface area (Å²) in [6.07, 6.45) is 0.699. The van der Waals surface area contributed by atoms with Crippen LogP contribution < -0.4 is 4.74 Å². The van der Waals surface area contributed by atoms with Crippen molar-refractivity contribution in [1.82, 2.24) is 15.0 Å². The van der Waals surface area contributed by atoms with Gasteiger partial charge in [-0.15, -0.1) is 5.10 Å². The first-order chi connectivity index (χ1) is 9.99. The summed E-state index contributed by atoms with van der Waals surface area (Å²) in [5.74, 6) is -0.301. The zero-order valence-electron chi connectivity index (χ0n) is 11.8. The smallest absolute Gasteiger partial charge is 0.358 e. The molecule has 1 heterocycles. The normalized spacial score (nSPS) is 10.6. The number of nitrogens with zero attached hydrogens (tertiary/aromatic N) is 3. The van der Waals surface area contributed by atoms with Crippen LogP contribution in [0.2, 0.25) is 5.02 Å². The van der Waals surface area contributed by atoms with Crippen molar-refractivity contribution in [1.29, 1.82) is 0 Å². The van der Waals surface area contributed by atoms with Gasteiger partial charge in [0.2, 0.25) is 0 Å². The van der Waals surface area contributed by atoms with Crippen molar-refractivity contribution >= 4 is 17.6 Å². The predicted octanol–water partition coefficient (Wildman–Crippen LogP) is 2.72. The van der Waals surface area contributed by atoms with Gasteiger partial charge < -0.3 is 9.84 Å². The van der Waals surface area contributed by atoms with Crippen molar-refractivity contribution in [3.8, 4) is 5.75 Å². The highest BCUT2D eigenvalue weighted by Crippen LogP contribution is 2.21. The van der Waals surface area contributed by atoms with Gasteiger partial charge in [0.05, 0.1) is 12.3 Å². The van der Waals surface area contributed by atoms with E-state index in [0.29, 0.717) is 30.3 Å². The van der Waals surface area contributed by atoms with Crippen LogP contribution in [-0.4, -0.2) is 32.7 Å². The van der Waals surface area contributed by atoms with Gasteiger partial charge in [0, 0.05) is 18.0 Å². The number of carboxylic acids is 1. The van der Waals surface area contributed by atoms with Crippen LogP contribution in [-0.2, 0) is 6.54 Å². The Labute approximate surface area is 127 Å². The Morgan fingerprint density at radius 2 is 2.19 bits per heavy atom. The van der Waals surface area contributed by atoms with E-state index in [1.54, 1.807) is 17.7 Å². The van der Waals surface area contributed by atoms with Crippen LogP contribution in [0.4, 0.5) is 0 Å². The van der Waals surface area contributed by atoms with Crippen LogP contribution in [0.3, 0.4) is 0 Å². The number of carboxylic acid groups (broad SMARTS) is 1. The van der Waals surface area contributed by atoms with Gasteiger partial charge in [-0.1, -0.05) is 16.8 Å². The minimum atomic E-state index is -1.06. The maximum atomic E-state index is 10.9. The van der Waals surface area contributed by atoms with Crippen LogP contribution in [0, 0.1) is 13.8 Å². The van der Waals surface area contributed by atoms with Crippen molar-refractivity contribution in [2.24, 2.45) is 0 Å². The number of aromatic carboxylic acids is 1. The highest BCUT2D eigenvalue weighted by Gasteiger charge is 2.14. The lowest BCUT2D eigenvalue weighted by Gasteiger charge is -2.08. The summed E-state index contributed by atoms with van der Waals surface area (Å²) in [4.78, 5) is 10.9. The van der Waals surface area contributed by atoms with Crippen LogP contribution in [0.1, 0.15) is 28.2 Å². The number of aromatic nitrogens is 3. The first kappa shape index (κ1) is 15.3. The first-order valence-electron chi connectivity index (χ1n) is 6.51. The Kier molecular flexibility index (Phi) is 4.80. The molecule has 0 fully saturated rings. The highest BCUT2D eigenvalue weighted by molar-refractivity contribution is 6.31. The summed E-state index contributed by atoms with van der Waals surface area (Å²) in [5.41, 5.74) is 1.50. The van der Waals surface area contributed by atoms with Gasteiger partial charge in [-0.2, -0.15) is 0 Å². The summed E-state index contributed by atoms with van der Waals surface area (Å²) < 4.78 is 7.19. The second-order valence-electron chi connectivity index (χ2n) is 4.66. The van der Waals surface area contributed by atoms with Crippen LogP contribution >= 0.6 is 11.6 Å². The van der Waals surface area contributed by atoms with E-state index in [2.05, 4.69) is 10.3 Å². The molecule has 0 aliphatic carbocycles. The molecule has 2 aromatic rings. The van der Waals surface area contributed by atoms with Crippen LogP contribution in [0.25, 0.3) is 0 Å². The summed E-state index contributed by atoms with van der Waals surface area (Å²) in [6, 6.07) is 5.50. The van der Waals surface area contributed by atoms with Gasteiger partial charge in [0.25, 0.3) is 0 Å². The first-order valence-corrected chi connectivity index (χ1v) is 6.89. The highest BCUT2D eigenvalue weighted by atomic mass is 35.5. The molecule has 0 saturated heterocycles. The number of carbonyl (C=O) groups is 1. The number of halogens is 1. The second-order valence-corrected chi connectivity index (χ2v) is 5.07.